The third kappa shape index (κ3) is 4.16. The average molecular weight is 448 g/mol. The Labute approximate surface area is 180 Å². The molecule has 4 aromatic rings. The number of hydrogen-bond donors (Lipinski definition) is 1. The minimum Gasteiger partial charge on any atom is -0.472 e. The van der Waals surface area contributed by atoms with Crippen molar-refractivity contribution in [1.82, 2.24) is 14.7 Å². The molecule has 0 fully saturated rings. The van der Waals surface area contributed by atoms with E-state index in [1.165, 1.54) is 24.8 Å². The first-order chi connectivity index (χ1) is 14.8. The number of pyridine rings is 1. The van der Waals surface area contributed by atoms with Gasteiger partial charge in [0.1, 0.15) is 5.15 Å². The minimum atomic E-state index is -4.69. The van der Waals surface area contributed by atoms with Crippen molar-refractivity contribution in [2.75, 3.05) is 6.54 Å². The van der Waals surface area contributed by atoms with E-state index in [9.17, 15) is 18.0 Å². The predicted molar refractivity (Wildman–Crippen MR) is 110 cm³/mol. The summed E-state index contributed by atoms with van der Waals surface area (Å²) < 4.78 is 47.1. The van der Waals surface area contributed by atoms with E-state index in [2.05, 4.69) is 10.3 Å². The summed E-state index contributed by atoms with van der Waals surface area (Å²) in [5.74, 6) is -0.645. The van der Waals surface area contributed by atoms with Crippen LogP contribution in [0.3, 0.4) is 0 Å². The Kier molecular flexibility index (Phi) is 5.49. The summed E-state index contributed by atoms with van der Waals surface area (Å²) >= 11 is 6.29. The lowest BCUT2D eigenvalue weighted by Crippen LogP contribution is -2.28. The van der Waals surface area contributed by atoms with E-state index in [0.717, 1.165) is 16.0 Å². The lowest BCUT2D eigenvalue weighted by atomic mass is 10.0. The van der Waals surface area contributed by atoms with Gasteiger partial charge in [0.15, 0.2) is 11.3 Å². The van der Waals surface area contributed by atoms with Crippen LogP contribution in [0.5, 0.6) is 0 Å². The molecule has 1 aromatic carbocycles. The predicted octanol–water partition coefficient (Wildman–Crippen LogP) is 5.80. The fourth-order valence-electron chi connectivity index (χ4n) is 3.29. The van der Waals surface area contributed by atoms with E-state index in [1.807, 2.05) is 37.3 Å². The molecule has 0 unspecified atom stereocenters. The van der Waals surface area contributed by atoms with Gasteiger partial charge in [-0.15, -0.1) is 0 Å². The topological polar surface area (TPSA) is 59.5 Å². The van der Waals surface area contributed by atoms with Gasteiger partial charge in [0.2, 0.25) is 0 Å². The van der Waals surface area contributed by atoms with Crippen LogP contribution in [0.25, 0.3) is 16.8 Å². The molecular formula is C22H17ClF3N3O2. The molecule has 160 valence electrons. The number of aromatic nitrogens is 2. The molecule has 0 radical (unpaired) electrons. The number of rotatable bonds is 5. The number of carbonyl (C=O) groups excluding carboxylic acids is 1. The van der Waals surface area contributed by atoms with Crippen molar-refractivity contribution in [2.45, 2.75) is 19.0 Å². The van der Waals surface area contributed by atoms with Gasteiger partial charge < -0.3 is 9.73 Å². The monoisotopic (exact) mass is 447 g/mol. The van der Waals surface area contributed by atoms with Gasteiger partial charge in [-0.05, 0) is 23.6 Å². The van der Waals surface area contributed by atoms with Crippen molar-refractivity contribution in [2.24, 2.45) is 0 Å². The van der Waals surface area contributed by atoms with Gasteiger partial charge in [0, 0.05) is 23.9 Å². The fourth-order valence-corrected chi connectivity index (χ4v) is 3.54. The van der Waals surface area contributed by atoms with Gasteiger partial charge in [0.25, 0.3) is 5.91 Å². The highest BCUT2D eigenvalue weighted by atomic mass is 35.5. The second-order valence-corrected chi connectivity index (χ2v) is 7.48. The van der Waals surface area contributed by atoms with E-state index >= 15 is 0 Å². The van der Waals surface area contributed by atoms with Gasteiger partial charge >= 0.3 is 6.18 Å². The second kappa shape index (κ2) is 8.11. The van der Waals surface area contributed by atoms with E-state index < -0.39 is 23.3 Å². The van der Waals surface area contributed by atoms with Crippen LogP contribution in [0.1, 0.15) is 34.5 Å². The maximum atomic E-state index is 13.7. The van der Waals surface area contributed by atoms with Crippen LogP contribution in [0.4, 0.5) is 13.2 Å². The van der Waals surface area contributed by atoms with Gasteiger partial charge in [-0.3, -0.25) is 9.20 Å². The molecule has 3 aromatic heterocycles. The van der Waals surface area contributed by atoms with Crippen molar-refractivity contribution >= 4 is 23.2 Å². The molecule has 5 nitrogen and oxygen atoms in total. The van der Waals surface area contributed by atoms with Crippen molar-refractivity contribution in [3.8, 4) is 11.1 Å². The van der Waals surface area contributed by atoms with Crippen molar-refractivity contribution in [1.29, 1.82) is 0 Å². The number of fused-ring (bicyclic) bond motifs is 1. The maximum absolute atomic E-state index is 13.7. The van der Waals surface area contributed by atoms with Gasteiger partial charge in [-0.2, -0.15) is 13.2 Å². The van der Waals surface area contributed by atoms with E-state index in [-0.39, 0.29) is 28.9 Å². The first-order valence-corrected chi connectivity index (χ1v) is 9.78. The van der Waals surface area contributed by atoms with Crippen LogP contribution in [-0.4, -0.2) is 21.8 Å². The molecule has 1 N–H and O–H groups in total. The van der Waals surface area contributed by atoms with Gasteiger partial charge in [-0.25, -0.2) is 4.98 Å². The molecule has 0 bridgehead atoms. The summed E-state index contributed by atoms with van der Waals surface area (Å²) in [4.78, 5) is 16.6. The Balaban J connectivity index is 1.69. The average Bonchev–Trinajstić information content (AvgIpc) is 3.40. The smallest absolute Gasteiger partial charge is 0.420 e. The third-order valence-electron chi connectivity index (χ3n) is 4.97. The van der Waals surface area contributed by atoms with Crippen LogP contribution < -0.4 is 5.32 Å². The summed E-state index contributed by atoms with van der Waals surface area (Å²) in [6.07, 6.45) is -0.612. The molecule has 0 aliphatic carbocycles. The second-order valence-electron chi connectivity index (χ2n) is 7.12. The molecule has 0 saturated heterocycles. The minimum absolute atomic E-state index is 0.000568. The Hall–Kier alpha value is -3.26. The van der Waals surface area contributed by atoms with Crippen LogP contribution in [-0.2, 0) is 6.18 Å². The van der Waals surface area contributed by atoms with Gasteiger partial charge in [-0.1, -0.05) is 48.9 Å². The zero-order valence-electron chi connectivity index (χ0n) is 16.3. The third-order valence-corrected chi connectivity index (χ3v) is 5.34. The number of carbonyl (C=O) groups is 1. The van der Waals surface area contributed by atoms with Crippen LogP contribution in [0, 0.1) is 0 Å². The normalized spacial score (nSPS) is 12.8. The Bertz CT molecular complexity index is 1220. The SMILES string of the molecule is C[C@@H](CNC(=O)c1nc2c(C(F)(F)F)cc(-c3ccoc3)cn2c1Cl)c1ccccc1. The number of furan rings is 1. The van der Waals surface area contributed by atoms with Crippen molar-refractivity contribution < 1.29 is 22.4 Å². The molecule has 0 aliphatic rings. The van der Waals surface area contributed by atoms with Crippen LogP contribution >= 0.6 is 11.6 Å². The highest BCUT2D eigenvalue weighted by Crippen LogP contribution is 2.37. The number of imidazole rings is 1. The summed E-state index contributed by atoms with van der Waals surface area (Å²) in [6.45, 7) is 2.21. The van der Waals surface area contributed by atoms with Crippen molar-refractivity contribution in [3.63, 3.8) is 0 Å². The van der Waals surface area contributed by atoms with Crippen LogP contribution in [0.15, 0.2) is 65.6 Å². The summed E-state index contributed by atoms with van der Waals surface area (Å²) in [6, 6.07) is 12.0. The first-order valence-electron chi connectivity index (χ1n) is 9.40. The molecule has 1 amide bonds. The maximum Gasteiger partial charge on any atom is 0.420 e. The summed E-state index contributed by atoms with van der Waals surface area (Å²) in [7, 11) is 0. The van der Waals surface area contributed by atoms with Gasteiger partial charge in [0.05, 0.1) is 18.1 Å². The molecule has 0 spiro atoms. The van der Waals surface area contributed by atoms with E-state index in [1.54, 1.807) is 0 Å². The molecular weight excluding hydrogens is 431 g/mol. The van der Waals surface area contributed by atoms with Crippen LogP contribution in [0.2, 0.25) is 5.15 Å². The molecule has 4 rings (SSSR count). The number of amides is 1. The number of halogens is 4. The Morgan fingerprint density at radius 2 is 1.97 bits per heavy atom. The number of hydrogen-bond acceptors (Lipinski definition) is 3. The number of nitrogens with zero attached hydrogens (tertiary/aromatic N) is 2. The molecule has 1 atom stereocenters. The zero-order chi connectivity index (χ0) is 22.2. The lowest BCUT2D eigenvalue weighted by Gasteiger charge is -2.12. The largest absolute Gasteiger partial charge is 0.472 e. The quantitative estimate of drug-likeness (QED) is 0.420. The number of nitrogens with one attached hydrogen (secondary N) is 1. The van der Waals surface area contributed by atoms with E-state index in [0.29, 0.717) is 5.56 Å². The molecule has 3 heterocycles. The first kappa shape index (κ1) is 21.0. The summed E-state index contributed by atoms with van der Waals surface area (Å²) in [5.41, 5.74) is -0.00187. The highest BCUT2D eigenvalue weighted by Gasteiger charge is 2.36. The number of alkyl halides is 3. The Morgan fingerprint density at radius 1 is 1.23 bits per heavy atom. The van der Waals surface area contributed by atoms with Crippen molar-refractivity contribution in [3.05, 3.63) is 83.2 Å². The Morgan fingerprint density at radius 3 is 2.61 bits per heavy atom. The molecule has 0 saturated carbocycles. The standard InChI is InChI=1S/C22H17ClF3N3O2/c1-13(14-5-3-2-4-6-14)10-27-21(30)18-19(23)29-11-16(15-7-8-31-12-15)9-17(20(29)28-18)22(24,25)26/h2-9,11-13H,10H2,1H3,(H,27,30)/t13-/m0/s1. The zero-order valence-corrected chi connectivity index (χ0v) is 17.0. The number of benzene rings is 1. The highest BCUT2D eigenvalue weighted by molar-refractivity contribution is 6.33. The summed E-state index contributed by atoms with van der Waals surface area (Å²) in [5, 5.41) is 2.51. The fraction of sp³-hybridized carbons (Fsp3) is 0.182. The molecule has 0 aliphatic heterocycles. The molecule has 31 heavy (non-hydrogen) atoms. The lowest BCUT2D eigenvalue weighted by molar-refractivity contribution is -0.136. The molecule has 9 heteroatoms. The van der Waals surface area contributed by atoms with E-state index in [4.69, 9.17) is 16.0 Å².